The van der Waals surface area contributed by atoms with Crippen LogP contribution in [-0.2, 0) is 12.1 Å². The summed E-state index contributed by atoms with van der Waals surface area (Å²) in [6, 6.07) is 15.1. The molecule has 1 atom stereocenters. The fraction of sp³-hybridized carbons (Fsp3) is 0.364. The van der Waals surface area contributed by atoms with Crippen molar-refractivity contribution in [2.45, 2.75) is 25.5 Å². The lowest BCUT2D eigenvalue weighted by Gasteiger charge is -2.24. The number of aromatic nitrogens is 4. The minimum atomic E-state index is -1.02. The number of likely N-dealkylation sites (tertiary alicyclic amines) is 1. The Hall–Kier alpha value is -3.10. The van der Waals surface area contributed by atoms with Gasteiger partial charge in [-0.3, -0.25) is 4.79 Å². The molecule has 1 aliphatic heterocycles. The fourth-order valence-electron chi connectivity index (χ4n) is 3.81. The number of rotatable bonds is 5. The smallest absolute Gasteiger partial charge is 0.254 e. The number of tetrazole rings is 1. The van der Waals surface area contributed by atoms with Gasteiger partial charge < -0.3 is 14.9 Å². The van der Waals surface area contributed by atoms with E-state index in [0.717, 1.165) is 16.8 Å². The Kier molecular flexibility index (Phi) is 5.36. The van der Waals surface area contributed by atoms with Gasteiger partial charge in [0.2, 0.25) is 0 Å². The second kappa shape index (κ2) is 7.97. The number of benzene rings is 2. The predicted octanol–water partition coefficient (Wildman–Crippen LogP) is 1.77. The Morgan fingerprint density at radius 3 is 2.70 bits per heavy atom. The van der Waals surface area contributed by atoms with Crippen LogP contribution in [0.4, 0.5) is 0 Å². The maximum absolute atomic E-state index is 13.2. The molecule has 0 spiro atoms. The predicted molar refractivity (Wildman–Crippen MR) is 112 cm³/mol. The monoisotopic (exact) mass is 406 g/mol. The average molecular weight is 406 g/mol. The summed E-state index contributed by atoms with van der Waals surface area (Å²) in [4.78, 5) is 16.8. The van der Waals surface area contributed by atoms with Crippen LogP contribution in [0.1, 0.15) is 33.7 Å². The molecule has 0 saturated carbocycles. The first-order valence-electron chi connectivity index (χ1n) is 9.97. The molecule has 8 heteroatoms. The third-order valence-electron chi connectivity index (χ3n) is 5.45. The lowest BCUT2D eigenvalue weighted by Crippen LogP contribution is -2.34. The number of carbonyl (C=O) groups is 1. The van der Waals surface area contributed by atoms with Crippen molar-refractivity contribution in [3.05, 3.63) is 71.0 Å². The molecule has 30 heavy (non-hydrogen) atoms. The van der Waals surface area contributed by atoms with Crippen LogP contribution in [0, 0.1) is 6.92 Å². The van der Waals surface area contributed by atoms with Gasteiger partial charge in [-0.1, -0.05) is 35.9 Å². The quantitative estimate of drug-likeness (QED) is 0.695. The van der Waals surface area contributed by atoms with E-state index >= 15 is 0 Å². The summed E-state index contributed by atoms with van der Waals surface area (Å²) < 4.78 is 1.64. The molecule has 8 nitrogen and oxygen atoms in total. The normalized spacial score (nSPS) is 18.9. The largest absolute Gasteiger partial charge is 0.383 e. The lowest BCUT2D eigenvalue weighted by atomic mass is 9.92. The number of nitrogens with zero attached hydrogens (tertiary/aromatic N) is 6. The zero-order valence-electron chi connectivity index (χ0n) is 17.5. The summed E-state index contributed by atoms with van der Waals surface area (Å²) in [6.07, 6.45) is 0.515. The van der Waals surface area contributed by atoms with Gasteiger partial charge in [0.25, 0.3) is 5.91 Å². The Bertz CT molecular complexity index is 1050. The van der Waals surface area contributed by atoms with Gasteiger partial charge in [-0.25, -0.2) is 0 Å². The highest BCUT2D eigenvalue weighted by Gasteiger charge is 2.39. The van der Waals surface area contributed by atoms with Crippen molar-refractivity contribution in [2.24, 2.45) is 0 Å². The minimum absolute atomic E-state index is 0.109. The van der Waals surface area contributed by atoms with Gasteiger partial charge in [-0.05, 0) is 61.6 Å². The summed E-state index contributed by atoms with van der Waals surface area (Å²) in [5.41, 5.74) is 2.25. The number of hydrogen-bond acceptors (Lipinski definition) is 6. The standard InChI is InChI=1S/C22H26N6O2/c1-16-7-9-18(10-8-16)22(30)11-12-27(15-22)21(29)17-5-4-6-19(13-17)28-20(14-26(2)3)23-24-25-28/h4-10,13,30H,11-12,14-15H2,1-3H3/t22-/m0/s1. The molecule has 1 fully saturated rings. The van der Waals surface area contributed by atoms with E-state index in [1.807, 2.05) is 62.3 Å². The average Bonchev–Trinajstić information content (AvgIpc) is 3.35. The highest BCUT2D eigenvalue weighted by molar-refractivity contribution is 5.95. The molecule has 1 saturated heterocycles. The number of hydrogen-bond donors (Lipinski definition) is 1. The molecular formula is C22H26N6O2. The summed E-state index contributed by atoms with van der Waals surface area (Å²) in [6.45, 7) is 3.38. The van der Waals surface area contributed by atoms with Crippen molar-refractivity contribution in [3.63, 3.8) is 0 Å². The van der Waals surface area contributed by atoms with Crippen molar-refractivity contribution >= 4 is 5.91 Å². The number of aliphatic hydroxyl groups is 1. The van der Waals surface area contributed by atoms with E-state index < -0.39 is 5.60 Å². The van der Waals surface area contributed by atoms with Gasteiger partial charge in [-0.15, -0.1) is 5.10 Å². The third-order valence-corrected chi connectivity index (χ3v) is 5.45. The van der Waals surface area contributed by atoms with E-state index in [2.05, 4.69) is 15.5 Å². The molecule has 156 valence electrons. The molecule has 1 amide bonds. The van der Waals surface area contributed by atoms with Crippen LogP contribution in [0.25, 0.3) is 5.69 Å². The minimum Gasteiger partial charge on any atom is -0.383 e. The third kappa shape index (κ3) is 3.96. The molecule has 1 aliphatic rings. The van der Waals surface area contributed by atoms with Crippen LogP contribution in [0.5, 0.6) is 0 Å². The van der Waals surface area contributed by atoms with Crippen LogP contribution in [0.2, 0.25) is 0 Å². The molecule has 3 aromatic rings. The maximum Gasteiger partial charge on any atom is 0.254 e. The van der Waals surface area contributed by atoms with Crippen molar-refractivity contribution in [2.75, 3.05) is 27.2 Å². The van der Waals surface area contributed by atoms with Crippen molar-refractivity contribution < 1.29 is 9.90 Å². The molecular weight excluding hydrogens is 380 g/mol. The molecule has 1 N–H and O–H groups in total. The summed E-state index contributed by atoms with van der Waals surface area (Å²) >= 11 is 0. The number of amides is 1. The summed E-state index contributed by atoms with van der Waals surface area (Å²) in [5, 5.41) is 23.0. The van der Waals surface area contributed by atoms with Crippen LogP contribution >= 0.6 is 0 Å². The van der Waals surface area contributed by atoms with Crippen molar-refractivity contribution in [1.82, 2.24) is 30.0 Å². The second-order valence-electron chi connectivity index (χ2n) is 8.17. The first-order chi connectivity index (χ1) is 14.4. The summed E-state index contributed by atoms with van der Waals surface area (Å²) in [7, 11) is 3.89. The Morgan fingerprint density at radius 2 is 1.97 bits per heavy atom. The zero-order valence-corrected chi connectivity index (χ0v) is 17.5. The number of carbonyl (C=O) groups excluding carboxylic acids is 1. The molecule has 0 bridgehead atoms. The first kappa shape index (κ1) is 20.2. The van der Waals surface area contributed by atoms with E-state index in [1.54, 1.807) is 21.7 Å². The van der Waals surface area contributed by atoms with Gasteiger partial charge in [0.15, 0.2) is 5.82 Å². The molecule has 0 unspecified atom stereocenters. The SMILES string of the molecule is Cc1ccc([C@]2(O)CCN(C(=O)c3cccc(-n4nnnc4CN(C)C)c3)C2)cc1. The van der Waals surface area contributed by atoms with Gasteiger partial charge in [-0.2, -0.15) is 4.68 Å². The second-order valence-corrected chi connectivity index (χ2v) is 8.17. The number of β-amino-alcohol motifs (C(OH)–C–C–N with tert-alkyl or cyclic N) is 1. The van der Waals surface area contributed by atoms with E-state index in [0.29, 0.717) is 30.9 Å². The van der Waals surface area contributed by atoms with Gasteiger partial charge in [0, 0.05) is 12.1 Å². The molecule has 1 aromatic heterocycles. The Balaban J connectivity index is 1.54. The van der Waals surface area contributed by atoms with Crippen LogP contribution in [0.3, 0.4) is 0 Å². The first-order valence-corrected chi connectivity index (χ1v) is 9.97. The lowest BCUT2D eigenvalue weighted by molar-refractivity contribution is 0.0417. The molecule has 2 aromatic carbocycles. The highest BCUT2D eigenvalue weighted by Crippen LogP contribution is 2.33. The fourth-order valence-corrected chi connectivity index (χ4v) is 3.81. The summed E-state index contributed by atoms with van der Waals surface area (Å²) in [5.74, 6) is 0.585. The molecule has 2 heterocycles. The highest BCUT2D eigenvalue weighted by atomic mass is 16.3. The zero-order chi connectivity index (χ0) is 21.3. The topological polar surface area (TPSA) is 87.4 Å². The van der Waals surface area contributed by atoms with Crippen LogP contribution in [-0.4, -0.2) is 68.2 Å². The molecule has 4 rings (SSSR count). The van der Waals surface area contributed by atoms with Gasteiger partial charge >= 0.3 is 0 Å². The maximum atomic E-state index is 13.2. The van der Waals surface area contributed by atoms with Crippen molar-refractivity contribution in [3.8, 4) is 5.69 Å². The Labute approximate surface area is 175 Å². The molecule has 0 aliphatic carbocycles. The molecule has 0 radical (unpaired) electrons. The van der Waals surface area contributed by atoms with Crippen LogP contribution < -0.4 is 0 Å². The van der Waals surface area contributed by atoms with Crippen LogP contribution in [0.15, 0.2) is 48.5 Å². The van der Waals surface area contributed by atoms with E-state index in [-0.39, 0.29) is 12.5 Å². The van der Waals surface area contributed by atoms with E-state index in [9.17, 15) is 9.90 Å². The van der Waals surface area contributed by atoms with E-state index in [4.69, 9.17) is 0 Å². The van der Waals surface area contributed by atoms with Gasteiger partial charge in [0.1, 0.15) is 5.60 Å². The van der Waals surface area contributed by atoms with Crippen molar-refractivity contribution in [1.29, 1.82) is 0 Å². The van der Waals surface area contributed by atoms with Gasteiger partial charge in [0.05, 0.1) is 18.8 Å². The number of aryl methyl sites for hydroxylation is 1. The Morgan fingerprint density at radius 1 is 1.20 bits per heavy atom. The van der Waals surface area contributed by atoms with E-state index in [1.165, 1.54) is 0 Å².